The number of nitrogens with zero attached hydrogens (tertiary/aromatic N) is 2. The second kappa shape index (κ2) is 8.16. The number of hydrogen-bond donors (Lipinski definition) is 1. The molecule has 0 aliphatic heterocycles. The maximum Gasteiger partial charge on any atom is 0.279 e. The molecule has 6 nitrogen and oxygen atoms in total. The van der Waals surface area contributed by atoms with Gasteiger partial charge >= 0.3 is 0 Å². The van der Waals surface area contributed by atoms with Crippen LogP contribution in [0.3, 0.4) is 0 Å². The van der Waals surface area contributed by atoms with Gasteiger partial charge in [0.2, 0.25) is 5.88 Å². The number of carbonyl (C=O) groups excluding carboxylic acids is 1. The van der Waals surface area contributed by atoms with Gasteiger partial charge in [-0.1, -0.05) is 23.7 Å². The van der Waals surface area contributed by atoms with Crippen molar-refractivity contribution in [3.8, 4) is 17.4 Å². The summed E-state index contributed by atoms with van der Waals surface area (Å²) in [6.45, 7) is 0. The lowest BCUT2D eigenvalue weighted by Gasteiger charge is -2.10. The number of ether oxygens (including phenoxy) is 2. The number of methoxy groups -OCH3 is 1. The normalized spacial score (nSPS) is 10.6. The van der Waals surface area contributed by atoms with E-state index in [9.17, 15) is 4.79 Å². The highest BCUT2D eigenvalue weighted by Crippen LogP contribution is 2.25. The summed E-state index contributed by atoms with van der Waals surface area (Å²) in [6.07, 6.45) is 0. The lowest BCUT2D eigenvalue weighted by Crippen LogP contribution is -2.16. The Morgan fingerprint density at radius 2 is 1.45 bits per heavy atom. The van der Waals surface area contributed by atoms with Gasteiger partial charge in [0, 0.05) is 10.7 Å². The zero-order chi connectivity index (χ0) is 20.2. The monoisotopic (exact) mass is 405 g/mol. The minimum atomic E-state index is -0.411. The molecule has 0 radical (unpaired) electrons. The van der Waals surface area contributed by atoms with E-state index in [1.165, 1.54) is 7.11 Å². The predicted molar refractivity (Wildman–Crippen MR) is 112 cm³/mol. The van der Waals surface area contributed by atoms with E-state index < -0.39 is 5.91 Å². The van der Waals surface area contributed by atoms with Crippen molar-refractivity contribution >= 4 is 34.2 Å². The quantitative estimate of drug-likeness (QED) is 0.485. The van der Waals surface area contributed by atoms with Crippen LogP contribution in [-0.4, -0.2) is 23.0 Å². The highest BCUT2D eigenvalue weighted by molar-refractivity contribution is 6.30. The number of fused-ring (bicyclic) bond motifs is 1. The van der Waals surface area contributed by atoms with Gasteiger partial charge in [0.25, 0.3) is 5.91 Å². The molecule has 0 fully saturated rings. The number of amides is 1. The van der Waals surface area contributed by atoms with E-state index in [1.807, 2.05) is 18.2 Å². The number of hydrogen-bond acceptors (Lipinski definition) is 5. The van der Waals surface area contributed by atoms with E-state index in [0.717, 1.165) is 0 Å². The maximum atomic E-state index is 12.7. The molecule has 0 atom stereocenters. The zero-order valence-electron chi connectivity index (χ0n) is 15.4. The largest absolute Gasteiger partial charge is 0.479 e. The highest BCUT2D eigenvalue weighted by Gasteiger charge is 2.17. The summed E-state index contributed by atoms with van der Waals surface area (Å²) >= 11 is 5.87. The summed E-state index contributed by atoms with van der Waals surface area (Å²) in [6, 6.07) is 21.4. The smallest absolute Gasteiger partial charge is 0.279 e. The molecule has 0 bridgehead atoms. The third kappa shape index (κ3) is 4.28. The van der Waals surface area contributed by atoms with Gasteiger partial charge < -0.3 is 14.8 Å². The number of para-hydroxylation sites is 2. The van der Waals surface area contributed by atoms with Crippen LogP contribution in [0, 0.1) is 0 Å². The molecule has 144 valence electrons. The Labute approximate surface area is 172 Å². The van der Waals surface area contributed by atoms with Crippen molar-refractivity contribution in [2.24, 2.45) is 0 Å². The summed E-state index contributed by atoms with van der Waals surface area (Å²) in [5, 5.41) is 3.44. The second-order valence-electron chi connectivity index (χ2n) is 6.10. The van der Waals surface area contributed by atoms with Crippen molar-refractivity contribution < 1.29 is 14.3 Å². The zero-order valence-corrected chi connectivity index (χ0v) is 16.2. The van der Waals surface area contributed by atoms with Gasteiger partial charge in [0.1, 0.15) is 11.5 Å². The number of benzene rings is 3. The van der Waals surface area contributed by atoms with Gasteiger partial charge in [-0.15, -0.1) is 0 Å². The average Bonchev–Trinajstić information content (AvgIpc) is 2.75. The number of carbonyl (C=O) groups is 1. The van der Waals surface area contributed by atoms with E-state index in [1.54, 1.807) is 54.6 Å². The molecule has 7 heteroatoms. The van der Waals surface area contributed by atoms with Gasteiger partial charge in [-0.2, -0.15) is 0 Å². The fourth-order valence-electron chi connectivity index (χ4n) is 2.71. The molecule has 1 N–H and O–H groups in total. The summed E-state index contributed by atoms with van der Waals surface area (Å²) in [5.74, 6) is 1.06. The van der Waals surface area contributed by atoms with Crippen molar-refractivity contribution in [2.75, 3.05) is 12.4 Å². The van der Waals surface area contributed by atoms with Crippen LogP contribution in [0.4, 0.5) is 5.69 Å². The van der Waals surface area contributed by atoms with Crippen LogP contribution in [0.15, 0.2) is 72.8 Å². The Morgan fingerprint density at radius 1 is 0.862 bits per heavy atom. The Balaban J connectivity index is 1.51. The van der Waals surface area contributed by atoms with E-state index in [-0.39, 0.29) is 11.6 Å². The molecule has 0 saturated heterocycles. The fourth-order valence-corrected chi connectivity index (χ4v) is 2.84. The molecule has 29 heavy (non-hydrogen) atoms. The van der Waals surface area contributed by atoms with Gasteiger partial charge in [-0.25, -0.2) is 9.97 Å². The molecule has 3 aromatic carbocycles. The first-order chi connectivity index (χ1) is 14.1. The van der Waals surface area contributed by atoms with Crippen LogP contribution in [0.5, 0.6) is 17.4 Å². The molecule has 0 spiro atoms. The van der Waals surface area contributed by atoms with Crippen molar-refractivity contribution in [3.63, 3.8) is 0 Å². The fraction of sp³-hybridized carbons (Fsp3) is 0.0455. The van der Waals surface area contributed by atoms with Gasteiger partial charge in [-0.05, 0) is 60.7 Å². The summed E-state index contributed by atoms with van der Waals surface area (Å²) in [4.78, 5) is 21.4. The first-order valence-electron chi connectivity index (χ1n) is 8.78. The highest BCUT2D eigenvalue weighted by atomic mass is 35.5. The third-order valence-electron chi connectivity index (χ3n) is 4.11. The number of nitrogens with one attached hydrogen (secondary N) is 1. The topological polar surface area (TPSA) is 73.3 Å². The number of aromatic nitrogens is 2. The van der Waals surface area contributed by atoms with Gasteiger partial charge in [0.05, 0.1) is 18.1 Å². The van der Waals surface area contributed by atoms with E-state index in [0.29, 0.717) is 33.2 Å². The van der Waals surface area contributed by atoms with Gasteiger partial charge in [0.15, 0.2) is 5.69 Å². The van der Waals surface area contributed by atoms with E-state index in [2.05, 4.69) is 15.3 Å². The van der Waals surface area contributed by atoms with E-state index >= 15 is 0 Å². The first kappa shape index (κ1) is 18.7. The molecule has 1 amide bonds. The molecule has 4 aromatic rings. The molecule has 1 aromatic heterocycles. The van der Waals surface area contributed by atoms with E-state index in [4.69, 9.17) is 21.1 Å². The van der Waals surface area contributed by atoms with Crippen molar-refractivity contribution in [2.45, 2.75) is 0 Å². The molecule has 0 saturated carbocycles. The maximum absolute atomic E-state index is 12.7. The molecule has 1 heterocycles. The molecular weight excluding hydrogens is 390 g/mol. The summed E-state index contributed by atoms with van der Waals surface area (Å²) in [5.41, 5.74) is 1.98. The second-order valence-corrected chi connectivity index (χ2v) is 6.54. The SMILES string of the molecule is COc1nc2ccccc2nc1C(=O)Nc1ccc(Oc2ccc(Cl)cc2)cc1. The molecule has 0 unspecified atom stereocenters. The van der Waals surface area contributed by atoms with Gasteiger partial charge in [-0.3, -0.25) is 4.79 Å². The first-order valence-corrected chi connectivity index (χ1v) is 9.16. The Morgan fingerprint density at radius 3 is 2.07 bits per heavy atom. The number of halogens is 1. The summed E-state index contributed by atoms with van der Waals surface area (Å²) < 4.78 is 11.0. The molecule has 4 rings (SSSR count). The standard InChI is InChI=1S/C22H16ClN3O3/c1-28-22-20(25-18-4-2-3-5-19(18)26-22)21(27)24-15-8-12-17(13-9-15)29-16-10-6-14(23)7-11-16/h2-13H,1H3,(H,24,27). The molecular formula is C22H16ClN3O3. The summed E-state index contributed by atoms with van der Waals surface area (Å²) in [7, 11) is 1.46. The minimum Gasteiger partial charge on any atom is -0.479 e. The van der Waals surface area contributed by atoms with Crippen LogP contribution >= 0.6 is 11.6 Å². The molecule has 0 aliphatic carbocycles. The Hall–Kier alpha value is -3.64. The van der Waals surface area contributed by atoms with Crippen molar-refractivity contribution in [3.05, 3.63) is 83.5 Å². The van der Waals surface area contributed by atoms with Crippen molar-refractivity contribution in [1.29, 1.82) is 0 Å². The Kier molecular flexibility index (Phi) is 5.27. The Bertz CT molecular complexity index is 1160. The average molecular weight is 406 g/mol. The minimum absolute atomic E-state index is 0.118. The van der Waals surface area contributed by atoms with Crippen LogP contribution in [0.25, 0.3) is 11.0 Å². The van der Waals surface area contributed by atoms with Crippen LogP contribution in [0.1, 0.15) is 10.5 Å². The lowest BCUT2D eigenvalue weighted by molar-refractivity contribution is 0.101. The third-order valence-corrected chi connectivity index (χ3v) is 4.36. The van der Waals surface area contributed by atoms with Crippen molar-refractivity contribution in [1.82, 2.24) is 9.97 Å². The predicted octanol–water partition coefficient (Wildman–Crippen LogP) is 5.34. The number of rotatable bonds is 5. The number of anilines is 1. The molecule has 0 aliphatic rings. The van der Waals surface area contributed by atoms with Crippen LogP contribution in [0.2, 0.25) is 5.02 Å². The van der Waals surface area contributed by atoms with Crippen LogP contribution < -0.4 is 14.8 Å². The lowest BCUT2D eigenvalue weighted by atomic mass is 10.2. The van der Waals surface area contributed by atoms with Crippen LogP contribution in [-0.2, 0) is 0 Å².